The highest BCUT2D eigenvalue weighted by molar-refractivity contribution is 6.46. The van der Waals surface area contributed by atoms with Crippen LogP contribution in [0.5, 0.6) is 0 Å². The van der Waals surface area contributed by atoms with Crippen LogP contribution in [0.25, 0.3) is 0 Å². The van der Waals surface area contributed by atoms with E-state index in [1.807, 2.05) is 37.3 Å². The number of hydrogen-bond donors (Lipinski definition) is 1. The smallest absolute Gasteiger partial charge is 0.288 e. The zero-order valence-electron chi connectivity index (χ0n) is 13.5. The molecule has 1 aromatic carbocycles. The normalized spacial score (nSPS) is 23.8. The summed E-state index contributed by atoms with van der Waals surface area (Å²) in [6.07, 6.45) is 6.96. The number of hydrogen-bond acceptors (Lipinski definition) is 3. The van der Waals surface area contributed by atoms with Gasteiger partial charge in [-0.05, 0) is 30.2 Å². The second-order valence-corrected chi connectivity index (χ2v) is 5.93. The average Bonchev–Trinajstić information content (AvgIpc) is 2.60. The van der Waals surface area contributed by atoms with Crippen molar-refractivity contribution in [3.05, 3.63) is 65.8 Å². The lowest BCUT2D eigenvalue weighted by molar-refractivity contribution is -0.137. The summed E-state index contributed by atoms with van der Waals surface area (Å²) in [7, 11) is 0. The molecular weight excluding hydrogens is 329 g/mol. The highest BCUT2D eigenvalue weighted by atomic mass is 19.4. The summed E-state index contributed by atoms with van der Waals surface area (Å²) in [5, 5.41) is 4.16. The summed E-state index contributed by atoms with van der Waals surface area (Å²) in [5.41, 5.74) is 3.20. The van der Waals surface area contributed by atoms with E-state index < -0.39 is 11.7 Å². The molecule has 0 saturated heterocycles. The number of carbonyl (C=O) groups excluding carboxylic acids is 1. The molecule has 0 bridgehead atoms. The van der Waals surface area contributed by atoms with Crippen LogP contribution in [0.2, 0.25) is 0 Å². The fraction of sp³-hybridized carbons (Fsp3) is 0.263. The van der Waals surface area contributed by atoms with Crippen LogP contribution in [-0.2, 0) is 17.4 Å². The van der Waals surface area contributed by atoms with Crippen LogP contribution in [0.4, 0.5) is 18.9 Å². The van der Waals surface area contributed by atoms with Gasteiger partial charge in [-0.25, -0.2) is 0 Å². The van der Waals surface area contributed by atoms with E-state index in [4.69, 9.17) is 0 Å². The van der Waals surface area contributed by atoms with E-state index in [-0.39, 0.29) is 23.3 Å². The zero-order valence-corrected chi connectivity index (χ0v) is 13.5. The van der Waals surface area contributed by atoms with E-state index in [1.54, 1.807) is 0 Å². The molecule has 0 spiro atoms. The van der Waals surface area contributed by atoms with Gasteiger partial charge >= 0.3 is 6.18 Å². The van der Waals surface area contributed by atoms with Gasteiger partial charge in [0.25, 0.3) is 0 Å². The van der Waals surface area contributed by atoms with E-state index in [1.165, 1.54) is 12.1 Å². The second kappa shape index (κ2) is 6.70. The highest BCUT2D eigenvalue weighted by Crippen LogP contribution is 2.33. The minimum atomic E-state index is -4.43. The maximum atomic E-state index is 12.9. The molecule has 2 atom stereocenters. The second-order valence-electron chi connectivity index (χ2n) is 5.93. The van der Waals surface area contributed by atoms with Crippen LogP contribution < -0.4 is 5.43 Å². The summed E-state index contributed by atoms with van der Waals surface area (Å²) < 4.78 is 38.8. The molecule has 0 heterocycles. The first kappa shape index (κ1) is 17.2. The maximum Gasteiger partial charge on any atom is 0.416 e. The lowest BCUT2D eigenvalue weighted by atomic mass is 9.79. The Kier molecular flexibility index (Phi) is 4.61. The first-order valence-corrected chi connectivity index (χ1v) is 8.01. The molecule has 6 heteroatoms. The van der Waals surface area contributed by atoms with Crippen LogP contribution in [0, 0.1) is 11.8 Å². The molecule has 1 N–H and O–H groups in total. The number of rotatable bonds is 3. The van der Waals surface area contributed by atoms with Gasteiger partial charge in [0.1, 0.15) is 5.71 Å². The Bertz CT molecular complexity index is 803. The Balaban J connectivity index is 1.93. The Hall–Kier alpha value is -2.63. The van der Waals surface area contributed by atoms with E-state index in [9.17, 15) is 18.0 Å². The third kappa shape index (κ3) is 3.57. The van der Waals surface area contributed by atoms with Crippen LogP contribution in [0.15, 0.2) is 59.8 Å². The number of alkyl halides is 3. The number of allylic oxidation sites excluding steroid dienone is 6. The molecule has 3 nitrogen and oxygen atoms in total. The van der Waals surface area contributed by atoms with Crippen molar-refractivity contribution in [3.63, 3.8) is 0 Å². The van der Waals surface area contributed by atoms with Gasteiger partial charge in [0, 0.05) is 11.8 Å². The third-order valence-corrected chi connectivity index (χ3v) is 4.33. The van der Waals surface area contributed by atoms with Gasteiger partial charge in [-0.2, -0.15) is 18.3 Å². The van der Waals surface area contributed by atoms with Gasteiger partial charge < -0.3 is 0 Å². The highest BCUT2D eigenvalue weighted by Gasteiger charge is 2.32. The maximum absolute atomic E-state index is 12.9. The molecule has 1 aromatic rings. The van der Waals surface area contributed by atoms with Gasteiger partial charge in [-0.1, -0.05) is 43.4 Å². The van der Waals surface area contributed by atoms with Gasteiger partial charge in [0.15, 0.2) is 0 Å². The van der Waals surface area contributed by atoms with Crippen molar-refractivity contribution in [3.8, 4) is 0 Å². The summed E-state index contributed by atoms with van der Waals surface area (Å²) in [4.78, 5) is 12.2. The molecule has 0 saturated carbocycles. The lowest BCUT2D eigenvalue weighted by Crippen LogP contribution is -2.31. The van der Waals surface area contributed by atoms with E-state index in [0.717, 1.165) is 12.1 Å². The van der Waals surface area contributed by atoms with Gasteiger partial charge in [-0.3, -0.25) is 10.2 Å². The number of nitrogens with one attached hydrogen (secondary N) is 1. The molecule has 2 unspecified atom stereocenters. The number of hydrazone groups is 1. The van der Waals surface area contributed by atoms with Crippen molar-refractivity contribution in [2.75, 3.05) is 5.43 Å². The number of carbonyl (C=O) groups is 1. The topological polar surface area (TPSA) is 41.5 Å². The number of benzene rings is 1. The van der Waals surface area contributed by atoms with Crippen LogP contribution >= 0.6 is 0 Å². The fourth-order valence-corrected chi connectivity index (χ4v) is 2.95. The van der Waals surface area contributed by atoms with Crippen molar-refractivity contribution >= 4 is 17.2 Å². The molecule has 0 aromatic heterocycles. The number of aryl methyl sites for hydroxylation is 1. The summed E-state index contributed by atoms with van der Waals surface area (Å²) in [6.45, 7) is 1.85. The summed E-state index contributed by atoms with van der Waals surface area (Å²) in [6, 6.07) is 3.51. The van der Waals surface area contributed by atoms with Crippen molar-refractivity contribution in [2.45, 2.75) is 19.5 Å². The molecule has 0 aliphatic heterocycles. The van der Waals surface area contributed by atoms with Crippen LogP contribution in [-0.4, -0.2) is 11.5 Å². The predicted molar refractivity (Wildman–Crippen MR) is 91.3 cm³/mol. The Labute approximate surface area is 143 Å². The lowest BCUT2D eigenvalue weighted by Gasteiger charge is -2.25. The van der Waals surface area contributed by atoms with Crippen molar-refractivity contribution in [1.82, 2.24) is 0 Å². The molecular formula is C19H17F3N2O. The Morgan fingerprint density at radius 3 is 2.64 bits per heavy atom. The minimum absolute atomic E-state index is 0.0374. The van der Waals surface area contributed by atoms with E-state index in [0.29, 0.717) is 17.7 Å². The predicted octanol–water partition coefficient (Wildman–Crippen LogP) is 4.53. The first-order valence-electron chi connectivity index (χ1n) is 8.01. The molecule has 0 fully saturated rings. The summed E-state index contributed by atoms with van der Waals surface area (Å²) >= 11 is 0. The minimum Gasteiger partial charge on any atom is -0.288 e. The SMILES string of the molecule is CCc1ccc(C(F)(F)F)cc1N/N=C1/C(=O)C=CC2C=CC=CC12. The van der Waals surface area contributed by atoms with Gasteiger partial charge in [0.2, 0.25) is 5.78 Å². The number of nitrogens with zero attached hydrogens (tertiary/aromatic N) is 1. The standard InChI is InChI=1S/C19H17F3N2O/c1-2-12-7-9-14(19(20,21)22)11-16(12)23-24-18-15-6-4-3-5-13(15)8-10-17(18)25/h3-11,13,15,23H,2H2,1H3/b24-18+. The number of anilines is 1. The molecule has 2 aliphatic rings. The monoisotopic (exact) mass is 346 g/mol. The van der Waals surface area contributed by atoms with E-state index >= 15 is 0 Å². The number of ketones is 1. The molecule has 0 radical (unpaired) electrons. The first-order chi connectivity index (χ1) is 11.9. The Morgan fingerprint density at radius 1 is 1.16 bits per heavy atom. The van der Waals surface area contributed by atoms with Crippen LogP contribution in [0.1, 0.15) is 18.1 Å². The number of fused-ring (bicyclic) bond motifs is 1. The average molecular weight is 346 g/mol. The fourth-order valence-electron chi connectivity index (χ4n) is 2.95. The molecule has 3 rings (SSSR count). The molecule has 2 aliphatic carbocycles. The third-order valence-electron chi connectivity index (χ3n) is 4.33. The summed E-state index contributed by atoms with van der Waals surface area (Å²) in [5.74, 6) is -0.403. The van der Waals surface area contributed by atoms with Crippen LogP contribution in [0.3, 0.4) is 0 Å². The van der Waals surface area contributed by atoms with Crippen molar-refractivity contribution in [2.24, 2.45) is 16.9 Å². The molecule has 25 heavy (non-hydrogen) atoms. The Morgan fingerprint density at radius 2 is 1.92 bits per heavy atom. The van der Waals surface area contributed by atoms with E-state index in [2.05, 4.69) is 10.5 Å². The zero-order chi connectivity index (χ0) is 18.0. The van der Waals surface area contributed by atoms with Gasteiger partial charge in [0.05, 0.1) is 11.3 Å². The van der Waals surface area contributed by atoms with Gasteiger partial charge in [-0.15, -0.1) is 0 Å². The largest absolute Gasteiger partial charge is 0.416 e. The van der Waals surface area contributed by atoms with Crippen molar-refractivity contribution in [1.29, 1.82) is 0 Å². The number of halogens is 3. The molecule has 0 amide bonds. The molecule has 130 valence electrons. The van der Waals surface area contributed by atoms with Crippen molar-refractivity contribution < 1.29 is 18.0 Å². The quantitative estimate of drug-likeness (QED) is 0.817.